The van der Waals surface area contributed by atoms with E-state index in [9.17, 15) is 59.2 Å². The molecule has 117 heavy (non-hydrogen) atoms. The number of non-ortho nitro benzene ring substituents is 1. The number of aryl methyl sites for hydroxylation is 6. The zero-order valence-electron chi connectivity index (χ0n) is 65.0. The number of carbonyl (C=O) groups is 6. The Balaban J connectivity index is 0.000000189. The molecule has 1 unspecified atom stereocenters. The highest BCUT2D eigenvalue weighted by Crippen LogP contribution is 2.43. The van der Waals surface area contributed by atoms with Crippen molar-refractivity contribution in [1.29, 1.82) is 0 Å². The number of ketones is 1. The Hall–Kier alpha value is -13.1. The number of rotatable bonds is 28. The number of phenolic OH excluding ortho intramolecular Hbond substituents is 1. The molecule has 3 aromatic heterocycles. The van der Waals surface area contributed by atoms with E-state index in [0.717, 1.165) is 37.7 Å². The highest BCUT2D eigenvalue weighted by molar-refractivity contribution is 8.13. The van der Waals surface area contributed by atoms with Crippen molar-refractivity contribution in [3.05, 3.63) is 227 Å². The zero-order chi connectivity index (χ0) is 84.5. The minimum Gasteiger partial charge on any atom is -0.506 e. The lowest BCUT2D eigenvalue weighted by Gasteiger charge is -2.27. The Kier molecular flexibility index (Phi) is 28.6. The Morgan fingerprint density at radius 3 is 1.73 bits per heavy atom. The van der Waals surface area contributed by atoms with Crippen LogP contribution in [0.1, 0.15) is 101 Å². The van der Waals surface area contributed by atoms with Crippen LogP contribution in [0.3, 0.4) is 0 Å². The van der Waals surface area contributed by atoms with Gasteiger partial charge in [0.05, 0.1) is 44.8 Å². The van der Waals surface area contributed by atoms with Crippen molar-refractivity contribution in [2.45, 2.75) is 115 Å². The lowest BCUT2D eigenvalue weighted by atomic mass is 9.87. The number of phenols is 2. The van der Waals surface area contributed by atoms with Gasteiger partial charge >= 0.3 is 11.7 Å². The van der Waals surface area contributed by atoms with Crippen molar-refractivity contribution >= 4 is 126 Å². The maximum absolute atomic E-state index is 13.5. The summed E-state index contributed by atoms with van der Waals surface area (Å²) in [7, 11) is 3.51. The smallest absolute Gasteiger partial charge is 0.327 e. The molecule has 0 aliphatic carbocycles. The van der Waals surface area contributed by atoms with Gasteiger partial charge in [-0.3, -0.25) is 49.0 Å². The molecule has 4 amide bonds. The number of amides is 4. The van der Waals surface area contributed by atoms with Crippen LogP contribution in [0.2, 0.25) is 5.02 Å². The van der Waals surface area contributed by atoms with Crippen molar-refractivity contribution < 1.29 is 67.8 Å². The van der Waals surface area contributed by atoms with Crippen molar-refractivity contribution in [1.82, 2.24) is 65.5 Å². The van der Waals surface area contributed by atoms with Gasteiger partial charge in [-0.15, -0.1) is 15.3 Å². The average molecular weight is 1670 g/mol. The molecule has 6 N–H and O–H groups in total. The first-order valence-electron chi connectivity index (χ1n) is 35.8. The quantitative estimate of drug-likeness (QED) is 0.00999. The fraction of sp³-hybridized carbons (Fsp3) is 0.253. The molecular formula is C79H79ClN18O16S3. The van der Waals surface area contributed by atoms with E-state index in [4.69, 9.17) is 36.3 Å². The average Bonchev–Trinajstić information content (AvgIpc) is 1.51. The predicted molar refractivity (Wildman–Crippen MR) is 438 cm³/mol. The van der Waals surface area contributed by atoms with Gasteiger partial charge in [-0.05, 0) is 154 Å². The second-order valence-electron chi connectivity index (χ2n) is 27.2. The molecule has 12 rings (SSSR count). The second-order valence-corrected chi connectivity index (χ2v) is 30.4. The number of nitro groups is 2. The Morgan fingerprint density at radius 1 is 0.615 bits per heavy atom. The van der Waals surface area contributed by atoms with Gasteiger partial charge in [-0.1, -0.05) is 148 Å². The van der Waals surface area contributed by atoms with Gasteiger partial charge in [0.1, 0.15) is 41.0 Å². The Labute approximate surface area is 686 Å². The lowest BCUT2D eigenvalue weighted by Crippen LogP contribution is -2.45. The van der Waals surface area contributed by atoms with Crippen molar-refractivity contribution in [3.63, 3.8) is 0 Å². The maximum atomic E-state index is 13.5. The predicted octanol–water partition coefficient (Wildman–Crippen LogP) is 14.7. The number of anilines is 2. The molecule has 12 aromatic rings. The Bertz CT molecular complexity index is 5760. The van der Waals surface area contributed by atoms with Crippen LogP contribution in [0.5, 0.6) is 40.2 Å². The molecule has 34 nitrogen and oxygen atoms in total. The van der Waals surface area contributed by atoms with Crippen LogP contribution in [0.25, 0.3) is 21.5 Å². The summed E-state index contributed by atoms with van der Waals surface area (Å²) in [5.74, 6) is -1.18. The monoisotopic (exact) mass is 1670 g/mol. The molecule has 0 saturated heterocycles. The summed E-state index contributed by atoms with van der Waals surface area (Å²) >= 11 is 9.80. The number of carbonyl (C=O) groups excluding carboxylic acids is 6. The molecule has 606 valence electrons. The van der Waals surface area contributed by atoms with Gasteiger partial charge in [0.15, 0.2) is 5.78 Å². The standard InChI is InChI=1S/C30H36ClN7O8S.C28H24N6O5S.C21H19N5O3S/c1-7-13-45-24(39)17-37-28(33-34-35-37)47-29(42)36(8-2)16-19-15-20(38(43)44)10-12-23(19)46-25(26(40)30(4,5)6)27(41)32-22-14-18(3)9-11-21(22)31;1-16-8-9-17(2)22(12-16)29-27(36)21-14-25(19-6-4-5-7-20(19)26(21)35)39-24-11-10-18(13-23(24)34(37)38)15-40-28-30-31-32-33(28)3;1-12-9-13(11-30-21-23-24-25-26(21)2)7-8-17(12)29-18-10-16(20(22)28)19(27)15-6-4-3-5-14(15)18/h9-12,14-15,25H,7-8,13,16-17H2,1-6H3,(H,32,41);4-14,35H,15H2,1-3H3,(H,29,36);3-10,27H,11H2,1-2H3,(H2,22,28). The van der Waals surface area contributed by atoms with Gasteiger partial charge in [0.25, 0.3) is 28.6 Å². The van der Waals surface area contributed by atoms with Crippen LogP contribution in [-0.4, -0.2) is 140 Å². The molecular weight excluding hydrogens is 1590 g/mol. The van der Waals surface area contributed by atoms with Crippen LogP contribution in [0.15, 0.2) is 167 Å². The summed E-state index contributed by atoms with van der Waals surface area (Å²) in [4.78, 5) is 101. The van der Waals surface area contributed by atoms with Crippen LogP contribution in [0.4, 0.5) is 27.5 Å². The Morgan fingerprint density at radius 2 is 1.16 bits per heavy atom. The van der Waals surface area contributed by atoms with Crippen LogP contribution in [-0.2, 0) is 57.8 Å². The van der Waals surface area contributed by atoms with E-state index in [1.54, 1.807) is 119 Å². The summed E-state index contributed by atoms with van der Waals surface area (Å²) in [6.45, 7) is 15.8. The molecule has 38 heteroatoms. The van der Waals surface area contributed by atoms with Crippen molar-refractivity contribution in [2.24, 2.45) is 25.2 Å². The van der Waals surface area contributed by atoms with Crippen LogP contribution >= 0.6 is 46.9 Å². The summed E-state index contributed by atoms with van der Waals surface area (Å²) in [6.07, 6.45) is -1.04. The number of benzene rings is 9. The molecule has 0 aliphatic rings. The largest absolute Gasteiger partial charge is 0.506 e. The van der Waals surface area contributed by atoms with E-state index >= 15 is 0 Å². The number of nitrogens with zero attached hydrogens (tertiary/aromatic N) is 15. The fourth-order valence-electron chi connectivity index (χ4n) is 11.3. The fourth-order valence-corrected chi connectivity index (χ4v) is 13.8. The molecule has 0 aliphatic heterocycles. The number of nitrogens with one attached hydrogen (secondary N) is 2. The molecule has 0 saturated carbocycles. The third kappa shape index (κ3) is 22.1. The zero-order valence-corrected chi connectivity index (χ0v) is 68.2. The van der Waals surface area contributed by atoms with Gasteiger partial charge in [-0.2, -0.15) is 0 Å². The highest BCUT2D eigenvalue weighted by atomic mass is 35.5. The number of nitrogens with two attached hydrogens (primary N) is 1. The van der Waals surface area contributed by atoms with Gasteiger partial charge in [0.2, 0.25) is 27.3 Å². The van der Waals surface area contributed by atoms with Gasteiger partial charge in [0, 0.05) is 100 Å². The first-order valence-corrected chi connectivity index (χ1v) is 39.0. The number of hydrogen-bond acceptors (Lipinski definition) is 28. The van der Waals surface area contributed by atoms with Crippen molar-refractivity contribution in [2.75, 3.05) is 23.8 Å². The maximum Gasteiger partial charge on any atom is 0.327 e. The summed E-state index contributed by atoms with van der Waals surface area (Å²) in [5.41, 5.74) is 10.3. The van der Waals surface area contributed by atoms with E-state index in [1.165, 1.54) is 63.8 Å². The van der Waals surface area contributed by atoms with Crippen LogP contribution < -0.4 is 30.6 Å². The normalized spacial score (nSPS) is 11.3. The third-order valence-electron chi connectivity index (χ3n) is 17.4. The van der Waals surface area contributed by atoms with Gasteiger partial charge < -0.3 is 50.4 Å². The number of halogens is 1. The number of esters is 1. The van der Waals surface area contributed by atoms with E-state index in [1.807, 2.05) is 83.1 Å². The third-order valence-corrected chi connectivity index (χ3v) is 20.8. The molecule has 0 fully saturated rings. The highest BCUT2D eigenvalue weighted by Gasteiger charge is 2.38. The van der Waals surface area contributed by atoms with E-state index in [-0.39, 0.29) is 98.9 Å². The second kappa shape index (κ2) is 38.8. The summed E-state index contributed by atoms with van der Waals surface area (Å²) in [5, 5.41) is 87.5. The lowest BCUT2D eigenvalue weighted by molar-refractivity contribution is -0.385. The molecule has 0 bridgehead atoms. The molecule has 0 radical (unpaired) electrons. The molecule has 9 aromatic carbocycles. The molecule has 0 spiro atoms. The number of fused-ring (bicyclic) bond motifs is 2. The van der Waals surface area contributed by atoms with E-state index in [2.05, 4.69) is 57.2 Å². The van der Waals surface area contributed by atoms with E-state index in [0.29, 0.717) is 79.1 Å². The first-order chi connectivity index (χ1) is 55.8. The van der Waals surface area contributed by atoms with Crippen LogP contribution in [0, 0.1) is 53.3 Å². The van der Waals surface area contributed by atoms with Gasteiger partial charge in [-0.25, -0.2) is 14.0 Å². The minimum absolute atomic E-state index is 0.00388. The topological polar surface area (TPSA) is 450 Å². The van der Waals surface area contributed by atoms with E-state index < -0.39 is 56.1 Å². The number of thioether (sulfide) groups is 3. The number of aromatic hydroxyl groups is 2. The number of nitro benzene ring substituents is 2. The number of primary amides is 1. The number of tetrazole rings is 3. The summed E-state index contributed by atoms with van der Waals surface area (Å²) in [6, 6.07) is 41.8. The summed E-state index contributed by atoms with van der Waals surface area (Å²) < 4.78 is 27.6. The molecule has 1 atom stereocenters. The SMILES string of the molecule is CCCOC(=O)Cn1nnnc1SC(=O)N(CC)Cc1cc([N+](=O)[O-])ccc1OC(C(=O)Nc1cc(C)ccc1Cl)C(=O)C(C)(C)C.Cc1cc(CSc2nnnn2C)ccc1Oc1cc(C(N)=O)c(O)c2ccccc12.Cc1ccc(C)c(NC(=O)c2cc(Oc3ccc(CSc4nnnn4C)cc3[N+](=O)[O-])c3ccccc3c2O)c1. The number of ether oxygens (including phenoxy) is 4. The number of Topliss-reactive ketones (excluding diaryl/α,β-unsaturated/α-hetero) is 1. The van der Waals surface area contributed by atoms with Crippen molar-refractivity contribution in [3.8, 4) is 40.2 Å². The number of aromatic nitrogens is 12. The minimum atomic E-state index is -1.68. The first kappa shape index (κ1) is 86.3. The number of hydrogen-bond donors (Lipinski definition) is 5. The molecule has 3 heterocycles.